The molecule has 238 valence electrons. The number of hydrogen-bond donors (Lipinski definition) is 0. The lowest BCUT2D eigenvalue weighted by atomic mass is 10.1. The normalized spacial score (nSPS) is 11.5. The van der Waals surface area contributed by atoms with Gasteiger partial charge in [-0.25, -0.2) is 9.59 Å². The van der Waals surface area contributed by atoms with Crippen LogP contribution in [0.1, 0.15) is 48.2 Å². The number of unbranched alkanes of at least 4 members (excludes halogenated alkanes) is 3. The molecule has 0 aliphatic heterocycles. The molecule has 14 heteroatoms. The van der Waals surface area contributed by atoms with Crippen molar-refractivity contribution in [3.05, 3.63) is 102 Å². The zero-order chi connectivity index (χ0) is 32.2. The van der Waals surface area contributed by atoms with Crippen molar-refractivity contribution in [2.24, 2.45) is 0 Å². The van der Waals surface area contributed by atoms with E-state index in [9.17, 15) is 9.59 Å². The van der Waals surface area contributed by atoms with Gasteiger partial charge in [-0.1, -0.05) is 46.5 Å². The fourth-order valence-electron chi connectivity index (χ4n) is 5.09. The molecule has 46 heavy (non-hydrogen) atoms. The Labute approximate surface area is 272 Å². The predicted molar refractivity (Wildman–Crippen MR) is 172 cm³/mol. The molecular formula is C32H30Cl2N6O6. The fraction of sp³-hybridized carbons (Fsp3) is 0.312. The lowest BCUT2D eigenvalue weighted by molar-refractivity contribution is 0.301. The molecule has 12 nitrogen and oxygen atoms in total. The minimum absolute atomic E-state index is 0.180. The van der Waals surface area contributed by atoms with Crippen molar-refractivity contribution in [1.82, 2.24) is 30.0 Å². The summed E-state index contributed by atoms with van der Waals surface area (Å²) in [6.45, 7) is 5.49. The van der Waals surface area contributed by atoms with Gasteiger partial charge in [0.05, 0.1) is 22.4 Å². The van der Waals surface area contributed by atoms with Crippen molar-refractivity contribution in [3.63, 3.8) is 0 Å². The third-order valence-corrected chi connectivity index (χ3v) is 8.05. The van der Waals surface area contributed by atoms with Crippen LogP contribution in [-0.4, -0.2) is 30.0 Å². The van der Waals surface area contributed by atoms with Crippen LogP contribution in [0.3, 0.4) is 0 Å². The number of ether oxygens (including phenoxy) is 2. The van der Waals surface area contributed by atoms with Gasteiger partial charge in [-0.05, 0) is 49.9 Å². The first-order valence-corrected chi connectivity index (χ1v) is 15.5. The van der Waals surface area contributed by atoms with Crippen LogP contribution >= 0.6 is 23.2 Å². The maximum Gasteiger partial charge on any atom is 0.336 e. The Balaban J connectivity index is 0.907. The van der Waals surface area contributed by atoms with Gasteiger partial charge in [-0.3, -0.25) is 9.36 Å². The lowest BCUT2D eigenvalue weighted by Gasteiger charge is -2.08. The molecule has 0 aliphatic carbocycles. The molecule has 4 heterocycles. The van der Waals surface area contributed by atoms with E-state index < -0.39 is 11.3 Å². The highest BCUT2D eigenvalue weighted by molar-refractivity contribution is 6.33. The van der Waals surface area contributed by atoms with Crippen molar-refractivity contribution in [2.45, 2.75) is 65.8 Å². The molecule has 0 aliphatic rings. The Morgan fingerprint density at radius 1 is 0.652 bits per heavy atom. The van der Waals surface area contributed by atoms with Gasteiger partial charge in [0.25, 0.3) is 0 Å². The monoisotopic (exact) mass is 664 g/mol. The molecule has 0 amide bonds. The Bertz CT molecular complexity index is 1980. The fourth-order valence-corrected chi connectivity index (χ4v) is 5.53. The minimum Gasteiger partial charge on any atom is -0.485 e. The summed E-state index contributed by atoms with van der Waals surface area (Å²) in [7, 11) is 0. The largest absolute Gasteiger partial charge is 0.485 e. The molecule has 6 rings (SSSR count). The smallest absolute Gasteiger partial charge is 0.336 e. The van der Waals surface area contributed by atoms with E-state index in [1.165, 1.54) is 12.1 Å². The van der Waals surface area contributed by atoms with Crippen molar-refractivity contribution < 1.29 is 18.3 Å². The van der Waals surface area contributed by atoms with Crippen LogP contribution in [0, 0.1) is 13.8 Å². The van der Waals surface area contributed by atoms with E-state index in [0.717, 1.165) is 60.7 Å². The molecule has 0 bridgehead atoms. The number of aryl methyl sites for hydroxylation is 4. The second kappa shape index (κ2) is 13.8. The number of fused-ring (bicyclic) bond motifs is 2. The predicted octanol–water partition coefficient (Wildman–Crippen LogP) is 6.42. The van der Waals surface area contributed by atoms with Crippen LogP contribution in [-0.2, 0) is 26.3 Å². The third-order valence-electron chi connectivity index (χ3n) is 7.46. The summed E-state index contributed by atoms with van der Waals surface area (Å²) in [5.41, 5.74) is 2.89. The third kappa shape index (κ3) is 7.40. The van der Waals surface area contributed by atoms with Gasteiger partial charge in [0.2, 0.25) is 0 Å². The maximum absolute atomic E-state index is 11.7. The van der Waals surface area contributed by atoms with Gasteiger partial charge in [-0.15, -0.1) is 10.2 Å². The van der Waals surface area contributed by atoms with E-state index in [1.54, 1.807) is 33.6 Å². The van der Waals surface area contributed by atoms with Crippen molar-refractivity contribution in [2.75, 3.05) is 0 Å². The Kier molecular flexibility index (Phi) is 9.36. The number of hydrogen-bond acceptors (Lipinski definition) is 10. The highest BCUT2D eigenvalue weighted by Gasteiger charge is 2.12. The van der Waals surface area contributed by atoms with Crippen LogP contribution < -0.4 is 20.7 Å². The van der Waals surface area contributed by atoms with Gasteiger partial charge in [0.15, 0.2) is 0 Å². The molecule has 4 aromatic heterocycles. The highest BCUT2D eigenvalue weighted by Crippen LogP contribution is 2.32. The summed E-state index contributed by atoms with van der Waals surface area (Å²) < 4.78 is 25.8. The van der Waals surface area contributed by atoms with Gasteiger partial charge in [-0.2, -0.15) is 0 Å². The van der Waals surface area contributed by atoms with Crippen LogP contribution in [0.25, 0.3) is 21.9 Å². The number of benzene rings is 2. The van der Waals surface area contributed by atoms with Gasteiger partial charge < -0.3 is 18.3 Å². The molecule has 0 fully saturated rings. The van der Waals surface area contributed by atoms with E-state index in [-0.39, 0.29) is 13.2 Å². The summed E-state index contributed by atoms with van der Waals surface area (Å²) in [5, 5.41) is 19.1. The average Bonchev–Trinajstić information content (AvgIpc) is 3.67. The Hall–Kier alpha value is -4.68. The summed E-state index contributed by atoms with van der Waals surface area (Å²) in [5.74, 6) is 0.815. The van der Waals surface area contributed by atoms with Crippen molar-refractivity contribution >= 4 is 45.1 Å². The topological polar surface area (TPSA) is 140 Å². The summed E-state index contributed by atoms with van der Waals surface area (Å²) in [6, 6.07) is 9.56. The minimum atomic E-state index is -0.423. The van der Waals surface area contributed by atoms with Crippen molar-refractivity contribution in [3.8, 4) is 11.5 Å². The molecule has 2 aromatic carbocycles. The Morgan fingerprint density at radius 3 is 1.52 bits per heavy atom. The maximum atomic E-state index is 11.7. The molecule has 0 radical (unpaired) electrons. The number of rotatable bonds is 13. The van der Waals surface area contributed by atoms with Gasteiger partial charge >= 0.3 is 11.3 Å². The molecule has 0 atom stereocenters. The zero-order valence-corrected chi connectivity index (χ0v) is 26.7. The molecule has 0 N–H and O–H groups in total. The number of halogens is 2. The number of aromatic nitrogens is 6. The second-order valence-electron chi connectivity index (χ2n) is 11.0. The molecule has 0 spiro atoms. The molecule has 6 aromatic rings. The van der Waals surface area contributed by atoms with Crippen LogP contribution in [0.4, 0.5) is 0 Å². The Morgan fingerprint density at radius 2 is 1.09 bits per heavy atom. The average molecular weight is 666 g/mol. The van der Waals surface area contributed by atoms with E-state index in [0.29, 0.717) is 44.1 Å². The lowest BCUT2D eigenvalue weighted by Crippen LogP contribution is -2.01. The molecule has 0 unspecified atom stereocenters. The molecule has 0 saturated heterocycles. The van der Waals surface area contributed by atoms with Gasteiger partial charge in [0.1, 0.15) is 47.3 Å². The second-order valence-corrected chi connectivity index (χ2v) is 11.8. The van der Waals surface area contributed by atoms with E-state index >= 15 is 0 Å². The first-order chi connectivity index (χ1) is 22.2. The first kappa shape index (κ1) is 31.3. The van der Waals surface area contributed by atoms with Crippen molar-refractivity contribution in [1.29, 1.82) is 0 Å². The van der Waals surface area contributed by atoms with Crippen LogP contribution in [0.2, 0.25) is 10.0 Å². The molecular weight excluding hydrogens is 635 g/mol. The summed E-state index contributed by atoms with van der Waals surface area (Å²) in [6.07, 6.45) is 7.62. The van der Waals surface area contributed by atoms with E-state index in [4.69, 9.17) is 41.5 Å². The van der Waals surface area contributed by atoms with Crippen LogP contribution in [0.5, 0.6) is 11.5 Å². The van der Waals surface area contributed by atoms with Gasteiger partial charge in [0, 0.05) is 48.1 Å². The molecule has 0 saturated carbocycles. The summed E-state index contributed by atoms with van der Waals surface area (Å²) in [4.78, 5) is 23.4. The van der Waals surface area contributed by atoms with Crippen LogP contribution in [0.15, 0.2) is 67.2 Å². The quantitative estimate of drug-likeness (QED) is 0.100. The summed E-state index contributed by atoms with van der Waals surface area (Å²) >= 11 is 12.8. The SMILES string of the molecule is Cc1cc(=O)oc2cc(OCc3cn(CCCCCCn4cc(COc5cc6oc(=O)cc(C)c6cc5Cl)nn4)nn3)c(Cl)cc12. The van der Waals surface area contributed by atoms with E-state index in [1.807, 2.05) is 26.2 Å². The van der Waals surface area contributed by atoms with E-state index in [2.05, 4.69) is 20.6 Å². The highest BCUT2D eigenvalue weighted by atomic mass is 35.5. The first-order valence-electron chi connectivity index (χ1n) is 14.7. The standard InChI is InChI=1S/C32H30Cl2N6O6/c1-19-9-31(41)45-27-13-29(25(33)11-23(19)27)43-17-21-15-39(37-35-21)7-5-3-4-6-8-40-16-22(36-38-40)18-44-30-14-28-24(12-26(30)34)20(2)10-32(42)46-28/h9-16H,3-8,17-18H2,1-2H3. The number of nitrogens with zero attached hydrogens (tertiary/aromatic N) is 6. The zero-order valence-electron chi connectivity index (χ0n) is 25.2.